The molecule has 0 radical (unpaired) electrons. The number of nitrogens with zero attached hydrogens (tertiary/aromatic N) is 3. The standard InChI is InChI=1S/C15H20N4S/c1-11(2)7-16-10-13-5-4-6-17-14(13)20-15-18-8-12(3)9-19-15/h4-6,8-9,11,16H,7,10H2,1-3H3. The molecule has 0 aromatic carbocycles. The van der Waals surface area contributed by atoms with Gasteiger partial charge in [0.05, 0.1) is 0 Å². The Labute approximate surface area is 124 Å². The maximum Gasteiger partial charge on any atom is 0.193 e. The van der Waals surface area contributed by atoms with Crippen LogP contribution in [-0.2, 0) is 6.54 Å². The van der Waals surface area contributed by atoms with Crippen molar-refractivity contribution in [1.82, 2.24) is 20.3 Å². The summed E-state index contributed by atoms with van der Waals surface area (Å²) in [5.41, 5.74) is 2.25. The molecule has 2 rings (SSSR count). The Morgan fingerprint density at radius 3 is 2.65 bits per heavy atom. The van der Waals surface area contributed by atoms with Gasteiger partial charge in [-0.25, -0.2) is 15.0 Å². The molecule has 2 heterocycles. The number of rotatable bonds is 6. The van der Waals surface area contributed by atoms with Crippen LogP contribution in [0, 0.1) is 12.8 Å². The van der Waals surface area contributed by atoms with Crippen LogP contribution >= 0.6 is 11.8 Å². The summed E-state index contributed by atoms with van der Waals surface area (Å²) in [5, 5.41) is 5.14. The molecular weight excluding hydrogens is 268 g/mol. The van der Waals surface area contributed by atoms with Crippen LogP contribution in [0.1, 0.15) is 25.0 Å². The summed E-state index contributed by atoms with van der Waals surface area (Å²) in [4.78, 5) is 13.1. The Morgan fingerprint density at radius 2 is 1.95 bits per heavy atom. The third-order valence-electron chi connectivity index (χ3n) is 2.66. The van der Waals surface area contributed by atoms with Gasteiger partial charge in [0, 0.05) is 25.1 Å². The van der Waals surface area contributed by atoms with E-state index in [0.717, 1.165) is 28.8 Å². The van der Waals surface area contributed by atoms with Crippen LogP contribution in [-0.4, -0.2) is 21.5 Å². The van der Waals surface area contributed by atoms with Crippen molar-refractivity contribution in [3.63, 3.8) is 0 Å². The van der Waals surface area contributed by atoms with Gasteiger partial charge in [-0.1, -0.05) is 19.9 Å². The second-order valence-electron chi connectivity index (χ2n) is 5.14. The smallest absolute Gasteiger partial charge is 0.193 e. The zero-order valence-corrected chi connectivity index (χ0v) is 12.9. The molecule has 0 aliphatic carbocycles. The summed E-state index contributed by atoms with van der Waals surface area (Å²) in [5.74, 6) is 0.642. The summed E-state index contributed by atoms with van der Waals surface area (Å²) in [7, 11) is 0. The van der Waals surface area contributed by atoms with Crippen LogP contribution in [0.25, 0.3) is 0 Å². The zero-order chi connectivity index (χ0) is 14.4. The number of aromatic nitrogens is 3. The van der Waals surface area contributed by atoms with E-state index in [2.05, 4.69) is 40.2 Å². The van der Waals surface area contributed by atoms with Crippen molar-refractivity contribution in [3.05, 3.63) is 41.9 Å². The molecule has 0 saturated carbocycles. The van der Waals surface area contributed by atoms with E-state index in [4.69, 9.17) is 0 Å². The van der Waals surface area contributed by atoms with Gasteiger partial charge in [0.2, 0.25) is 0 Å². The molecular formula is C15H20N4S. The monoisotopic (exact) mass is 288 g/mol. The second-order valence-corrected chi connectivity index (χ2v) is 6.09. The van der Waals surface area contributed by atoms with E-state index in [9.17, 15) is 0 Å². The molecule has 0 atom stereocenters. The van der Waals surface area contributed by atoms with Crippen molar-refractivity contribution in [2.24, 2.45) is 5.92 Å². The quantitative estimate of drug-likeness (QED) is 0.828. The Kier molecular flexibility index (Phi) is 5.49. The number of aryl methyl sites for hydroxylation is 1. The van der Waals surface area contributed by atoms with Gasteiger partial charge in [0.15, 0.2) is 5.16 Å². The van der Waals surface area contributed by atoms with Gasteiger partial charge < -0.3 is 5.32 Å². The van der Waals surface area contributed by atoms with Gasteiger partial charge >= 0.3 is 0 Å². The van der Waals surface area contributed by atoms with Crippen LogP contribution in [0.3, 0.4) is 0 Å². The van der Waals surface area contributed by atoms with Crippen LogP contribution in [0.2, 0.25) is 0 Å². The lowest BCUT2D eigenvalue weighted by molar-refractivity contribution is 0.548. The SMILES string of the molecule is Cc1cnc(Sc2ncccc2CNCC(C)C)nc1. The van der Waals surface area contributed by atoms with Gasteiger partial charge in [0.25, 0.3) is 0 Å². The molecule has 5 heteroatoms. The molecule has 4 nitrogen and oxygen atoms in total. The lowest BCUT2D eigenvalue weighted by Crippen LogP contribution is -2.19. The fourth-order valence-corrected chi connectivity index (χ4v) is 2.43. The molecule has 0 saturated heterocycles. The van der Waals surface area contributed by atoms with E-state index >= 15 is 0 Å². The number of hydrogen-bond acceptors (Lipinski definition) is 5. The Morgan fingerprint density at radius 1 is 1.20 bits per heavy atom. The van der Waals surface area contributed by atoms with E-state index in [-0.39, 0.29) is 0 Å². The first-order chi connectivity index (χ1) is 9.65. The Balaban J connectivity index is 2.05. The molecule has 1 N–H and O–H groups in total. The minimum Gasteiger partial charge on any atom is -0.312 e. The molecule has 2 aromatic heterocycles. The highest BCUT2D eigenvalue weighted by atomic mass is 32.2. The molecule has 0 aliphatic rings. The van der Waals surface area contributed by atoms with Gasteiger partial charge in [-0.15, -0.1) is 0 Å². The molecule has 106 valence electrons. The van der Waals surface area contributed by atoms with E-state index in [1.807, 2.05) is 31.6 Å². The molecule has 2 aromatic rings. The first-order valence-corrected chi connectivity index (χ1v) is 7.58. The summed E-state index contributed by atoms with van der Waals surface area (Å²) < 4.78 is 0. The Hall–Kier alpha value is -1.46. The first-order valence-electron chi connectivity index (χ1n) is 6.76. The van der Waals surface area contributed by atoms with Crippen molar-refractivity contribution in [1.29, 1.82) is 0 Å². The van der Waals surface area contributed by atoms with Crippen molar-refractivity contribution in [2.45, 2.75) is 37.5 Å². The predicted octanol–water partition coefficient (Wildman–Crippen LogP) is 3.08. The van der Waals surface area contributed by atoms with E-state index in [0.29, 0.717) is 5.92 Å². The van der Waals surface area contributed by atoms with Gasteiger partial charge in [-0.05, 0) is 48.3 Å². The first kappa shape index (κ1) is 14.9. The highest BCUT2D eigenvalue weighted by Crippen LogP contribution is 2.25. The van der Waals surface area contributed by atoms with Crippen molar-refractivity contribution >= 4 is 11.8 Å². The summed E-state index contributed by atoms with van der Waals surface area (Å²) >= 11 is 1.51. The third kappa shape index (κ3) is 4.58. The molecule has 0 fully saturated rings. The number of nitrogens with one attached hydrogen (secondary N) is 1. The summed E-state index contributed by atoms with van der Waals surface area (Å²) in [6, 6.07) is 4.06. The minimum atomic E-state index is 0.642. The van der Waals surface area contributed by atoms with Gasteiger partial charge in [-0.3, -0.25) is 0 Å². The van der Waals surface area contributed by atoms with Crippen LogP contribution in [0.4, 0.5) is 0 Å². The molecule has 0 bridgehead atoms. The average molecular weight is 288 g/mol. The topological polar surface area (TPSA) is 50.7 Å². The van der Waals surface area contributed by atoms with Gasteiger partial charge in [-0.2, -0.15) is 0 Å². The summed E-state index contributed by atoms with van der Waals surface area (Å²) in [6.45, 7) is 8.20. The maximum absolute atomic E-state index is 4.44. The fourth-order valence-electron chi connectivity index (χ4n) is 1.67. The normalized spacial score (nSPS) is 11.0. The molecule has 0 unspecified atom stereocenters. The van der Waals surface area contributed by atoms with E-state index in [1.54, 1.807) is 0 Å². The predicted molar refractivity (Wildman–Crippen MR) is 81.7 cm³/mol. The molecule has 20 heavy (non-hydrogen) atoms. The van der Waals surface area contributed by atoms with Crippen LogP contribution in [0.15, 0.2) is 40.9 Å². The zero-order valence-electron chi connectivity index (χ0n) is 12.1. The Bertz CT molecular complexity index is 540. The van der Waals surface area contributed by atoms with Crippen molar-refractivity contribution in [3.8, 4) is 0 Å². The highest BCUT2D eigenvalue weighted by molar-refractivity contribution is 7.99. The molecule has 0 spiro atoms. The van der Waals surface area contributed by atoms with E-state index < -0.39 is 0 Å². The third-order valence-corrected chi connectivity index (χ3v) is 3.62. The average Bonchev–Trinajstić information content (AvgIpc) is 2.43. The molecule has 0 aliphatic heterocycles. The largest absolute Gasteiger partial charge is 0.312 e. The van der Waals surface area contributed by atoms with Crippen LogP contribution < -0.4 is 5.32 Å². The molecule has 0 amide bonds. The van der Waals surface area contributed by atoms with Gasteiger partial charge in [0.1, 0.15) is 5.03 Å². The lowest BCUT2D eigenvalue weighted by atomic mass is 10.2. The number of hydrogen-bond donors (Lipinski definition) is 1. The summed E-state index contributed by atoms with van der Waals surface area (Å²) in [6.07, 6.45) is 5.46. The van der Waals surface area contributed by atoms with Crippen LogP contribution in [0.5, 0.6) is 0 Å². The fraction of sp³-hybridized carbons (Fsp3) is 0.400. The van der Waals surface area contributed by atoms with Crippen molar-refractivity contribution in [2.75, 3.05) is 6.54 Å². The lowest BCUT2D eigenvalue weighted by Gasteiger charge is -2.10. The highest BCUT2D eigenvalue weighted by Gasteiger charge is 2.07. The maximum atomic E-state index is 4.44. The van der Waals surface area contributed by atoms with Crippen molar-refractivity contribution < 1.29 is 0 Å². The number of pyridine rings is 1. The van der Waals surface area contributed by atoms with E-state index in [1.165, 1.54) is 17.3 Å². The minimum absolute atomic E-state index is 0.642. The second kappa shape index (κ2) is 7.36.